The third-order valence-electron chi connectivity index (χ3n) is 4.99. The second-order valence-electron chi connectivity index (χ2n) is 6.19. The molecular weight excluding hydrogens is 292 g/mol. The normalized spacial score (nSPS) is 32.5. The number of ether oxygens (including phenoxy) is 1. The maximum absolute atomic E-state index is 12.4. The summed E-state index contributed by atoms with van der Waals surface area (Å²) in [7, 11) is 1.35. The lowest BCUT2D eigenvalue weighted by Crippen LogP contribution is -2.51. The second-order valence-corrected chi connectivity index (χ2v) is 6.19. The van der Waals surface area contributed by atoms with Crippen molar-refractivity contribution in [2.45, 2.75) is 57.5 Å². The smallest absolute Gasteiger partial charge is 0.328 e. The molecule has 0 spiro atoms. The Kier molecular flexibility index (Phi) is 6.94. The number of hydrogen-bond acceptors (Lipinski definition) is 4. The van der Waals surface area contributed by atoms with Crippen molar-refractivity contribution in [3.05, 3.63) is 0 Å². The number of fused-ring (bicyclic) bond motifs is 2. The van der Waals surface area contributed by atoms with Crippen molar-refractivity contribution >= 4 is 24.3 Å². The number of carbonyl (C=O) groups excluding carboxylic acids is 2. The van der Waals surface area contributed by atoms with Gasteiger partial charge in [-0.25, -0.2) is 4.79 Å². The van der Waals surface area contributed by atoms with E-state index < -0.39 is 6.04 Å². The molecule has 6 heteroatoms. The zero-order valence-corrected chi connectivity index (χ0v) is 13.7. The number of rotatable bonds is 4. The topological polar surface area (TPSA) is 81.4 Å². The Hall–Kier alpha value is -0.810. The van der Waals surface area contributed by atoms with Gasteiger partial charge in [0, 0.05) is 12.0 Å². The van der Waals surface area contributed by atoms with Crippen molar-refractivity contribution in [3.63, 3.8) is 0 Å². The summed E-state index contributed by atoms with van der Waals surface area (Å²) in [5, 5.41) is 2.84. The lowest BCUT2D eigenvalue weighted by molar-refractivity contribution is -0.146. The van der Waals surface area contributed by atoms with E-state index in [-0.39, 0.29) is 36.2 Å². The van der Waals surface area contributed by atoms with Crippen molar-refractivity contribution < 1.29 is 14.3 Å². The Labute approximate surface area is 132 Å². The average Bonchev–Trinajstić information content (AvgIpc) is 2.43. The van der Waals surface area contributed by atoms with Gasteiger partial charge < -0.3 is 15.8 Å². The zero-order valence-electron chi connectivity index (χ0n) is 12.8. The van der Waals surface area contributed by atoms with Gasteiger partial charge in [0.1, 0.15) is 6.04 Å². The van der Waals surface area contributed by atoms with Gasteiger partial charge in [-0.2, -0.15) is 0 Å². The van der Waals surface area contributed by atoms with E-state index in [2.05, 4.69) is 5.32 Å². The van der Waals surface area contributed by atoms with E-state index in [9.17, 15) is 9.59 Å². The molecular formula is C15H27ClN2O3. The molecule has 1 amide bonds. The molecule has 2 bridgehead atoms. The Morgan fingerprint density at radius 1 is 1.29 bits per heavy atom. The van der Waals surface area contributed by atoms with E-state index in [1.165, 1.54) is 13.5 Å². The second kappa shape index (κ2) is 7.99. The number of esters is 1. The maximum atomic E-state index is 12.4. The molecule has 0 aromatic carbocycles. The molecule has 122 valence electrons. The van der Waals surface area contributed by atoms with Crippen LogP contribution in [0.5, 0.6) is 0 Å². The fraction of sp³-hybridized carbons (Fsp3) is 0.867. The number of carbonyl (C=O) groups is 2. The largest absolute Gasteiger partial charge is 0.467 e. The van der Waals surface area contributed by atoms with Crippen LogP contribution >= 0.6 is 12.4 Å². The maximum Gasteiger partial charge on any atom is 0.328 e. The van der Waals surface area contributed by atoms with Gasteiger partial charge in [0.2, 0.25) is 5.91 Å². The molecule has 5 nitrogen and oxygen atoms in total. The highest BCUT2D eigenvalue weighted by molar-refractivity contribution is 5.86. The van der Waals surface area contributed by atoms with Gasteiger partial charge in [-0.05, 0) is 43.9 Å². The molecule has 0 aromatic heterocycles. The van der Waals surface area contributed by atoms with Crippen LogP contribution in [-0.4, -0.2) is 31.1 Å². The molecule has 2 rings (SSSR count). The molecule has 2 aliphatic carbocycles. The minimum Gasteiger partial charge on any atom is -0.467 e. The lowest BCUT2D eigenvalue weighted by atomic mass is 9.65. The average molecular weight is 319 g/mol. The van der Waals surface area contributed by atoms with E-state index in [1.54, 1.807) is 0 Å². The van der Waals surface area contributed by atoms with E-state index in [0.29, 0.717) is 18.3 Å². The highest BCUT2D eigenvalue weighted by Gasteiger charge is 2.41. The van der Waals surface area contributed by atoms with Crippen LogP contribution in [0.15, 0.2) is 0 Å². The summed E-state index contributed by atoms with van der Waals surface area (Å²) in [5.41, 5.74) is 6.24. The van der Waals surface area contributed by atoms with Gasteiger partial charge in [0.15, 0.2) is 0 Å². The Balaban J connectivity index is 0.00000220. The number of halogens is 1. The Morgan fingerprint density at radius 3 is 2.33 bits per heavy atom. The van der Waals surface area contributed by atoms with Gasteiger partial charge in [0.05, 0.1) is 7.11 Å². The van der Waals surface area contributed by atoms with E-state index in [4.69, 9.17) is 10.5 Å². The third-order valence-corrected chi connectivity index (χ3v) is 4.99. The summed E-state index contributed by atoms with van der Waals surface area (Å²) >= 11 is 0. The van der Waals surface area contributed by atoms with Gasteiger partial charge in [-0.15, -0.1) is 12.4 Å². The van der Waals surface area contributed by atoms with Crippen LogP contribution in [0.25, 0.3) is 0 Å². The molecule has 0 heterocycles. The number of amides is 1. The molecule has 0 aromatic rings. The van der Waals surface area contributed by atoms with Crippen LogP contribution in [0.1, 0.15) is 45.4 Å². The molecule has 0 radical (unpaired) electrons. The van der Waals surface area contributed by atoms with Crippen molar-refractivity contribution in [2.24, 2.45) is 23.5 Å². The van der Waals surface area contributed by atoms with E-state index in [0.717, 1.165) is 25.7 Å². The first-order valence-electron chi connectivity index (χ1n) is 7.70. The number of nitrogens with one attached hydrogen (secondary N) is 1. The minimum absolute atomic E-state index is 0. The van der Waals surface area contributed by atoms with Crippen LogP contribution in [0, 0.1) is 17.8 Å². The fourth-order valence-electron chi connectivity index (χ4n) is 3.76. The van der Waals surface area contributed by atoms with Gasteiger partial charge in [0.25, 0.3) is 0 Å². The van der Waals surface area contributed by atoms with Gasteiger partial charge in [-0.3, -0.25) is 4.79 Å². The number of nitrogens with two attached hydrogens (primary N) is 1. The Bertz CT molecular complexity index is 364. The van der Waals surface area contributed by atoms with Gasteiger partial charge >= 0.3 is 5.97 Å². The highest BCUT2D eigenvalue weighted by atomic mass is 35.5. The van der Waals surface area contributed by atoms with Crippen LogP contribution in [-0.2, 0) is 14.3 Å². The van der Waals surface area contributed by atoms with Gasteiger partial charge in [-0.1, -0.05) is 13.3 Å². The quantitative estimate of drug-likeness (QED) is 0.772. The molecule has 3 unspecified atom stereocenters. The van der Waals surface area contributed by atoms with Crippen molar-refractivity contribution in [1.82, 2.24) is 5.32 Å². The summed E-state index contributed by atoms with van der Waals surface area (Å²) in [6, 6.07) is -0.265. The van der Waals surface area contributed by atoms with Crippen molar-refractivity contribution in [3.8, 4) is 0 Å². The van der Waals surface area contributed by atoms with Crippen LogP contribution in [0.2, 0.25) is 0 Å². The fourth-order valence-corrected chi connectivity index (χ4v) is 3.76. The Morgan fingerprint density at radius 2 is 1.86 bits per heavy atom. The van der Waals surface area contributed by atoms with Crippen LogP contribution in [0.3, 0.4) is 0 Å². The standard InChI is InChI=1S/C15H26N2O3.ClH/c1-3-12(15(19)20-2)17-14(18)11-7-9-5-4-6-10(8-11)13(9)16;/h9-13H,3-8,16H2,1-2H3,(H,17,18);1H. The minimum atomic E-state index is -0.525. The van der Waals surface area contributed by atoms with E-state index >= 15 is 0 Å². The lowest BCUT2D eigenvalue weighted by Gasteiger charge is -2.43. The van der Waals surface area contributed by atoms with Crippen LogP contribution in [0.4, 0.5) is 0 Å². The first kappa shape index (κ1) is 18.2. The molecule has 2 aliphatic rings. The third kappa shape index (κ3) is 4.10. The number of methoxy groups -OCH3 is 1. The predicted octanol–water partition coefficient (Wildman–Crippen LogP) is 1.63. The molecule has 0 aliphatic heterocycles. The molecule has 3 atom stereocenters. The zero-order chi connectivity index (χ0) is 14.7. The summed E-state index contributed by atoms with van der Waals surface area (Å²) in [4.78, 5) is 23.9. The van der Waals surface area contributed by atoms with Crippen molar-refractivity contribution in [1.29, 1.82) is 0 Å². The predicted molar refractivity (Wildman–Crippen MR) is 83.0 cm³/mol. The molecule has 0 saturated heterocycles. The van der Waals surface area contributed by atoms with E-state index in [1.807, 2.05) is 6.92 Å². The summed E-state index contributed by atoms with van der Waals surface area (Å²) in [5.74, 6) is 0.566. The first-order valence-corrected chi connectivity index (χ1v) is 7.70. The number of hydrogen-bond donors (Lipinski definition) is 2. The monoisotopic (exact) mass is 318 g/mol. The SMILES string of the molecule is CCC(NC(=O)C1CC2CCCC(C1)C2N)C(=O)OC.Cl. The molecule has 2 saturated carbocycles. The molecule has 21 heavy (non-hydrogen) atoms. The van der Waals surface area contributed by atoms with Crippen LogP contribution < -0.4 is 11.1 Å². The highest BCUT2D eigenvalue weighted by Crippen LogP contribution is 2.41. The van der Waals surface area contributed by atoms with Crippen molar-refractivity contribution in [2.75, 3.05) is 7.11 Å². The first-order chi connectivity index (χ1) is 9.56. The summed E-state index contributed by atoms with van der Waals surface area (Å²) in [6.45, 7) is 1.87. The summed E-state index contributed by atoms with van der Waals surface area (Å²) in [6.07, 6.45) is 5.78. The molecule has 3 N–H and O–H groups in total. The molecule has 2 fully saturated rings. The summed E-state index contributed by atoms with van der Waals surface area (Å²) < 4.78 is 4.71.